The lowest BCUT2D eigenvalue weighted by molar-refractivity contribution is -0.129. The van der Waals surface area contributed by atoms with Gasteiger partial charge in [0.15, 0.2) is 0 Å². The number of hydrogen-bond acceptors (Lipinski definition) is 2. The molecule has 5 aromatic rings. The highest BCUT2D eigenvalue weighted by Gasteiger charge is 2.34. The second-order valence-corrected chi connectivity index (χ2v) is 9.99. The van der Waals surface area contributed by atoms with Crippen molar-refractivity contribution in [2.75, 3.05) is 7.11 Å². The van der Waals surface area contributed by atoms with Gasteiger partial charge in [0.05, 0.1) is 11.2 Å². The smallest absolute Gasteiger partial charge is 0.0902 e. The number of benzene rings is 5. The molecule has 2 nitrogen and oxygen atoms in total. The zero-order chi connectivity index (χ0) is 24.5. The van der Waals surface area contributed by atoms with Gasteiger partial charge >= 0.3 is 0 Å². The van der Waals surface area contributed by atoms with E-state index in [0.717, 1.165) is 0 Å². The van der Waals surface area contributed by atoms with Crippen LogP contribution in [0.2, 0.25) is 0 Å². The first kappa shape index (κ1) is 23.9. The molecule has 0 amide bonds. The Morgan fingerprint density at radius 3 is 1.47 bits per heavy atom. The van der Waals surface area contributed by atoms with Gasteiger partial charge in [-0.2, -0.15) is 0 Å². The fourth-order valence-electron chi connectivity index (χ4n) is 4.16. The summed E-state index contributed by atoms with van der Waals surface area (Å²) in [5.74, 6) is 0. The normalized spacial score (nSPS) is 12.1. The molecule has 0 aliphatic heterocycles. The molecule has 34 heavy (non-hydrogen) atoms. The van der Waals surface area contributed by atoms with Crippen LogP contribution in [0.15, 0.2) is 91.0 Å². The molecule has 0 aromatic heterocycles. The van der Waals surface area contributed by atoms with Crippen molar-refractivity contribution in [3.63, 3.8) is 0 Å². The van der Waals surface area contributed by atoms with Crippen LogP contribution in [0, 0.1) is 6.92 Å². The van der Waals surface area contributed by atoms with Crippen LogP contribution in [0.25, 0.3) is 43.4 Å². The molecule has 0 spiro atoms. The summed E-state index contributed by atoms with van der Waals surface area (Å²) < 4.78 is 5.05. The van der Waals surface area contributed by atoms with Gasteiger partial charge in [0, 0.05) is 7.11 Å². The van der Waals surface area contributed by atoms with Crippen LogP contribution in [0.1, 0.15) is 33.3 Å². The molecule has 5 aromatic carbocycles. The Morgan fingerprint density at radius 1 is 0.559 bits per heavy atom. The molecule has 0 aliphatic carbocycles. The topological polar surface area (TPSA) is 29.5 Å². The van der Waals surface area contributed by atoms with Crippen LogP contribution in [-0.4, -0.2) is 23.4 Å². The number of ether oxygens (including phenoxy) is 1. The Morgan fingerprint density at radius 2 is 1.03 bits per heavy atom. The van der Waals surface area contributed by atoms with E-state index >= 15 is 0 Å². The van der Waals surface area contributed by atoms with Gasteiger partial charge in [-0.05, 0) is 84.1 Å². The summed E-state index contributed by atoms with van der Waals surface area (Å²) in [7, 11) is 1.60. The summed E-state index contributed by atoms with van der Waals surface area (Å²) in [6.45, 7) is 9.32. The predicted octanol–water partition coefficient (Wildman–Crippen LogP) is 8.30. The number of methoxy groups -OCH3 is 1. The Bertz CT molecular complexity index is 1420. The van der Waals surface area contributed by atoms with Gasteiger partial charge in [0.2, 0.25) is 0 Å². The number of rotatable bonds is 3. The van der Waals surface area contributed by atoms with Gasteiger partial charge in [0.1, 0.15) is 0 Å². The molecule has 0 bridgehead atoms. The summed E-state index contributed by atoms with van der Waals surface area (Å²) in [6.07, 6.45) is 0. The molecule has 0 fully saturated rings. The number of aryl methyl sites for hydroxylation is 1. The first-order chi connectivity index (χ1) is 16.1. The molecule has 2 heteroatoms. The van der Waals surface area contributed by atoms with Crippen molar-refractivity contribution in [1.29, 1.82) is 0 Å². The highest BCUT2D eigenvalue weighted by atomic mass is 16.5. The van der Waals surface area contributed by atoms with E-state index in [1.165, 1.54) is 49.0 Å². The molecular formula is C32H34O2. The highest BCUT2D eigenvalue weighted by Crippen LogP contribution is 2.37. The van der Waals surface area contributed by atoms with E-state index in [9.17, 15) is 5.11 Å². The fourth-order valence-corrected chi connectivity index (χ4v) is 4.16. The first-order valence-electron chi connectivity index (χ1n) is 11.8. The third kappa shape index (κ3) is 4.57. The van der Waals surface area contributed by atoms with E-state index in [-0.39, 0.29) is 0 Å². The van der Waals surface area contributed by atoms with E-state index in [2.05, 4.69) is 97.9 Å². The summed E-state index contributed by atoms with van der Waals surface area (Å²) in [5, 5.41) is 17.4. The lowest BCUT2D eigenvalue weighted by Gasteiger charge is -2.35. The SMILES string of the molecule is COC(C)(C)C(C)(C)O.Cc1cccc(-c2ccc3c4ccccc4c4ccccc4c3c2)c1. The third-order valence-corrected chi connectivity index (χ3v) is 7.08. The molecule has 0 aliphatic rings. The molecule has 5 rings (SSSR count). The zero-order valence-electron chi connectivity index (χ0n) is 21.0. The van der Waals surface area contributed by atoms with Crippen LogP contribution in [-0.2, 0) is 4.74 Å². The lowest BCUT2D eigenvalue weighted by atomic mass is 9.90. The van der Waals surface area contributed by atoms with E-state index in [1.54, 1.807) is 21.0 Å². The van der Waals surface area contributed by atoms with E-state index in [0.29, 0.717) is 0 Å². The Hall–Kier alpha value is -3.20. The summed E-state index contributed by atoms with van der Waals surface area (Å²) in [6, 6.07) is 33.1. The lowest BCUT2D eigenvalue weighted by Crippen LogP contribution is -2.46. The van der Waals surface area contributed by atoms with Crippen LogP contribution in [0.3, 0.4) is 0 Å². The second-order valence-electron chi connectivity index (χ2n) is 9.99. The maximum absolute atomic E-state index is 9.42. The molecular weight excluding hydrogens is 416 g/mol. The third-order valence-electron chi connectivity index (χ3n) is 7.08. The molecule has 0 atom stereocenters. The van der Waals surface area contributed by atoms with Gasteiger partial charge in [-0.3, -0.25) is 0 Å². The van der Waals surface area contributed by atoms with Crippen molar-refractivity contribution in [3.8, 4) is 11.1 Å². The fraction of sp³-hybridized carbons (Fsp3) is 0.250. The molecule has 0 saturated carbocycles. The average molecular weight is 451 g/mol. The second kappa shape index (κ2) is 9.21. The van der Waals surface area contributed by atoms with E-state index in [4.69, 9.17) is 4.74 Å². The van der Waals surface area contributed by atoms with Gasteiger partial charge in [-0.1, -0.05) is 90.5 Å². The summed E-state index contributed by atoms with van der Waals surface area (Å²) >= 11 is 0. The minimum atomic E-state index is -0.776. The Balaban J connectivity index is 0.000000262. The quantitative estimate of drug-likeness (QED) is 0.280. The van der Waals surface area contributed by atoms with Crippen molar-refractivity contribution < 1.29 is 9.84 Å². The van der Waals surface area contributed by atoms with Gasteiger partial charge in [0.25, 0.3) is 0 Å². The maximum atomic E-state index is 9.42. The van der Waals surface area contributed by atoms with Gasteiger partial charge in [-0.15, -0.1) is 0 Å². The van der Waals surface area contributed by atoms with Crippen molar-refractivity contribution in [3.05, 3.63) is 96.6 Å². The summed E-state index contributed by atoms with van der Waals surface area (Å²) in [5.41, 5.74) is 2.60. The molecule has 174 valence electrons. The van der Waals surface area contributed by atoms with Crippen molar-refractivity contribution in [2.24, 2.45) is 0 Å². The monoisotopic (exact) mass is 450 g/mol. The number of hydrogen-bond donors (Lipinski definition) is 1. The largest absolute Gasteiger partial charge is 0.387 e. The number of fused-ring (bicyclic) bond motifs is 6. The van der Waals surface area contributed by atoms with Gasteiger partial charge in [-0.25, -0.2) is 0 Å². The van der Waals surface area contributed by atoms with Gasteiger partial charge < -0.3 is 9.84 Å². The summed E-state index contributed by atoms with van der Waals surface area (Å²) in [4.78, 5) is 0. The Kier molecular flexibility index (Phi) is 6.49. The van der Waals surface area contributed by atoms with Crippen LogP contribution >= 0.6 is 0 Å². The van der Waals surface area contributed by atoms with Crippen molar-refractivity contribution in [2.45, 2.75) is 45.8 Å². The van der Waals surface area contributed by atoms with E-state index in [1.807, 2.05) is 13.8 Å². The highest BCUT2D eigenvalue weighted by molar-refractivity contribution is 6.25. The average Bonchev–Trinajstić information content (AvgIpc) is 2.83. The zero-order valence-corrected chi connectivity index (χ0v) is 21.0. The van der Waals surface area contributed by atoms with E-state index < -0.39 is 11.2 Å². The predicted molar refractivity (Wildman–Crippen MR) is 147 cm³/mol. The molecule has 0 unspecified atom stereocenters. The standard InChI is InChI=1S/C25H18.C7H16O2/c1-17-7-6-8-18(15-17)19-13-14-24-22-11-3-2-9-20(22)21-10-4-5-12-23(21)25(24)16-19;1-6(2,8)7(3,4)9-5/h2-16H,1H3;8H,1-5H3. The van der Waals surface area contributed by atoms with Crippen molar-refractivity contribution >= 4 is 32.3 Å². The Labute approximate surface area is 202 Å². The molecule has 1 N–H and O–H groups in total. The molecule has 0 radical (unpaired) electrons. The first-order valence-corrected chi connectivity index (χ1v) is 11.8. The van der Waals surface area contributed by atoms with Crippen LogP contribution in [0.4, 0.5) is 0 Å². The molecule has 0 heterocycles. The molecule has 0 saturated heterocycles. The van der Waals surface area contributed by atoms with Crippen LogP contribution < -0.4 is 0 Å². The van der Waals surface area contributed by atoms with Crippen LogP contribution in [0.5, 0.6) is 0 Å². The van der Waals surface area contributed by atoms with Crippen molar-refractivity contribution in [1.82, 2.24) is 0 Å². The number of aliphatic hydroxyl groups is 1. The minimum absolute atomic E-state index is 0.465. The minimum Gasteiger partial charge on any atom is -0.387 e. The maximum Gasteiger partial charge on any atom is 0.0902 e.